The van der Waals surface area contributed by atoms with Gasteiger partial charge in [-0.05, 0) is 37.7 Å². The molecule has 2 aliphatic heterocycles. The molecule has 5 heterocycles. The zero-order valence-electron chi connectivity index (χ0n) is 18.8. The van der Waals surface area contributed by atoms with E-state index < -0.39 is 0 Å². The summed E-state index contributed by atoms with van der Waals surface area (Å²) in [4.78, 5) is 17.5. The van der Waals surface area contributed by atoms with Gasteiger partial charge in [0.05, 0.1) is 31.7 Å². The van der Waals surface area contributed by atoms with Crippen LogP contribution in [-0.4, -0.2) is 63.0 Å². The van der Waals surface area contributed by atoms with E-state index in [2.05, 4.69) is 31.6 Å². The van der Waals surface area contributed by atoms with Crippen molar-refractivity contribution in [3.63, 3.8) is 0 Å². The maximum Gasteiger partial charge on any atom is 0.152 e. The van der Waals surface area contributed by atoms with Gasteiger partial charge in [-0.25, -0.2) is 9.97 Å². The molecule has 0 spiro atoms. The third kappa shape index (κ3) is 3.80. The van der Waals surface area contributed by atoms with E-state index in [0.717, 1.165) is 86.9 Å². The summed E-state index contributed by atoms with van der Waals surface area (Å²) < 4.78 is 7.86. The highest BCUT2D eigenvalue weighted by molar-refractivity contribution is 7.19. The van der Waals surface area contributed by atoms with Crippen molar-refractivity contribution >= 4 is 27.4 Å². The van der Waals surface area contributed by atoms with Crippen LogP contribution >= 0.6 is 11.3 Å². The summed E-state index contributed by atoms with van der Waals surface area (Å²) in [5, 5.41) is 10.3. The normalized spacial score (nSPS) is 19.2. The Hall–Kier alpha value is -2.10. The fourth-order valence-corrected chi connectivity index (χ4v) is 6.55. The second kappa shape index (κ2) is 8.68. The monoisotopic (exact) mass is 453 g/mol. The summed E-state index contributed by atoms with van der Waals surface area (Å²) in [6.07, 6.45) is 8.30. The molecular formula is C23H31N7OS. The molecule has 0 amide bonds. The van der Waals surface area contributed by atoms with Crippen LogP contribution in [0.3, 0.4) is 0 Å². The van der Waals surface area contributed by atoms with Gasteiger partial charge in [-0.1, -0.05) is 6.42 Å². The van der Waals surface area contributed by atoms with E-state index >= 15 is 0 Å². The average molecular weight is 454 g/mol. The van der Waals surface area contributed by atoms with Crippen LogP contribution in [0.5, 0.6) is 0 Å². The van der Waals surface area contributed by atoms with E-state index in [-0.39, 0.29) is 0 Å². The number of aryl methyl sites for hydroxylation is 3. The zero-order valence-corrected chi connectivity index (χ0v) is 19.7. The van der Waals surface area contributed by atoms with Crippen molar-refractivity contribution in [2.24, 2.45) is 0 Å². The van der Waals surface area contributed by atoms with Crippen LogP contribution in [0.25, 0.3) is 10.2 Å². The number of thiophene rings is 1. The lowest BCUT2D eigenvalue weighted by Crippen LogP contribution is -2.36. The van der Waals surface area contributed by atoms with E-state index in [4.69, 9.17) is 14.7 Å². The molecule has 170 valence electrons. The summed E-state index contributed by atoms with van der Waals surface area (Å²) in [6, 6.07) is 0. The summed E-state index contributed by atoms with van der Waals surface area (Å²) in [5.41, 5.74) is 1.48. The van der Waals surface area contributed by atoms with Crippen LogP contribution in [0.1, 0.15) is 53.6 Å². The Kier molecular flexibility index (Phi) is 5.56. The lowest BCUT2D eigenvalue weighted by molar-refractivity contribution is 0.0331. The quantitative estimate of drug-likeness (QED) is 0.588. The average Bonchev–Trinajstić information content (AvgIpc) is 3.44. The van der Waals surface area contributed by atoms with Crippen LogP contribution in [0.2, 0.25) is 0 Å². The Morgan fingerprint density at radius 2 is 1.88 bits per heavy atom. The Balaban J connectivity index is 1.35. The van der Waals surface area contributed by atoms with Gasteiger partial charge in [0.2, 0.25) is 0 Å². The number of anilines is 1. The smallest absolute Gasteiger partial charge is 0.152 e. The molecule has 0 bridgehead atoms. The van der Waals surface area contributed by atoms with Crippen molar-refractivity contribution in [2.45, 2.75) is 64.6 Å². The summed E-state index contributed by atoms with van der Waals surface area (Å²) in [5.74, 6) is 4.17. The van der Waals surface area contributed by atoms with Crippen LogP contribution in [0.4, 0.5) is 5.82 Å². The van der Waals surface area contributed by atoms with E-state index in [1.165, 1.54) is 47.9 Å². The Morgan fingerprint density at radius 3 is 2.78 bits per heavy atom. The first-order chi connectivity index (χ1) is 15.8. The predicted octanol–water partition coefficient (Wildman–Crippen LogP) is 2.97. The molecule has 0 aromatic carbocycles. The first-order valence-electron chi connectivity index (χ1n) is 12.0. The molecule has 9 heteroatoms. The van der Waals surface area contributed by atoms with Gasteiger partial charge in [0.1, 0.15) is 22.3 Å². The molecule has 32 heavy (non-hydrogen) atoms. The zero-order chi connectivity index (χ0) is 21.5. The van der Waals surface area contributed by atoms with E-state index in [9.17, 15) is 0 Å². The van der Waals surface area contributed by atoms with Gasteiger partial charge in [0.25, 0.3) is 0 Å². The van der Waals surface area contributed by atoms with Gasteiger partial charge in [0.15, 0.2) is 5.82 Å². The van der Waals surface area contributed by atoms with Crippen molar-refractivity contribution in [2.75, 3.05) is 38.3 Å². The number of hydrogen-bond donors (Lipinski definition) is 0. The molecule has 1 saturated heterocycles. The summed E-state index contributed by atoms with van der Waals surface area (Å²) in [7, 11) is 2.15. The first kappa shape index (κ1) is 20.5. The van der Waals surface area contributed by atoms with E-state index in [0.29, 0.717) is 0 Å². The molecule has 1 fully saturated rings. The molecule has 8 nitrogen and oxygen atoms in total. The molecule has 6 rings (SSSR count). The second-order valence-electron chi connectivity index (χ2n) is 9.24. The van der Waals surface area contributed by atoms with E-state index in [1.807, 2.05) is 11.3 Å². The SMILES string of the molecule is CN(Cc1nnc2n1CCCCC2)c1nc(CN2CCOCC2)nc2sc3c(c12)CCC3. The highest BCUT2D eigenvalue weighted by atomic mass is 32.1. The maximum absolute atomic E-state index is 5.52. The molecule has 0 atom stereocenters. The largest absolute Gasteiger partial charge is 0.379 e. The van der Waals surface area contributed by atoms with Crippen molar-refractivity contribution in [1.82, 2.24) is 29.6 Å². The van der Waals surface area contributed by atoms with Crippen molar-refractivity contribution in [3.05, 3.63) is 27.9 Å². The predicted molar refractivity (Wildman–Crippen MR) is 125 cm³/mol. The van der Waals surface area contributed by atoms with Crippen LogP contribution in [0.15, 0.2) is 0 Å². The molecule has 0 unspecified atom stereocenters. The molecule has 0 saturated carbocycles. The fraction of sp³-hybridized carbons (Fsp3) is 0.652. The van der Waals surface area contributed by atoms with Crippen LogP contribution in [0, 0.1) is 0 Å². The Morgan fingerprint density at radius 1 is 0.969 bits per heavy atom. The van der Waals surface area contributed by atoms with Gasteiger partial charge in [-0.2, -0.15) is 0 Å². The highest BCUT2D eigenvalue weighted by Gasteiger charge is 2.26. The van der Waals surface area contributed by atoms with Gasteiger partial charge >= 0.3 is 0 Å². The maximum atomic E-state index is 5.52. The van der Waals surface area contributed by atoms with Crippen molar-refractivity contribution in [1.29, 1.82) is 0 Å². The number of hydrogen-bond acceptors (Lipinski definition) is 8. The third-order valence-electron chi connectivity index (χ3n) is 6.99. The molecular weight excluding hydrogens is 422 g/mol. The van der Waals surface area contributed by atoms with Crippen molar-refractivity contribution in [3.8, 4) is 0 Å². The van der Waals surface area contributed by atoms with Gasteiger partial charge in [-0.15, -0.1) is 21.5 Å². The molecule has 3 aromatic heterocycles. The lowest BCUT2D eigenvalue weighted by Gasteiger charge is -2.26. The summed E-state index contributed by atoms with van der Waals surface area (Å²) in [6.45, 7) is 6.00. The van der Waals surface area contributed by atoms with Gasteiger partial charge in [0, 0.05) is 38.0 Å². The number of aromatic nitrogens is 5. The molecule has 3 aliphatic rings. The number of ether oxygens (including phenoxy) is 1. The Bertz CT molecular complexity index is 1120. The molecule has 0 N–H and O–H groups in total. The van der Waals surface area contributed by atoms with Crippen molar-refractivity contribution < 1.29 is 4.74 Å². The highest BCUT2D eigenvalue weighted by Crippen LogP contribution is 2.40. The van der Waals surface area contributed by atoms with Gasteiger partial charge < -0.3 is 14.2 Å². The number of fused-ring (bicyclic) bond motifs is 4. The minimum atomic E-state index is 0.723. The first-order valence-corrected chi connectivity index (χ1v) is 12.8. The molecule has 0 radical (unpaired) electrons. The van der Waals surface area contributed by atoms with Crippen LogP contribution in [-0.2, 0) is 43.6 Å². The third-order valence-corrected chi connectivity index (χ3v) is 8.17. The fourth-order valence-electron chi connectivity index (χ4n) is 5.28. The second-order valence-corrected chi connectivity index (χ2v) is 10.3. The van der Waals surface area contributed by atoms with Gasteiger partial charge in [-0.3, -0.25) is 4.90 Å². The van der Waals surface area contributed by atoms with E-state index in [1.54, 1.807) is 0 Å². The standard InChI is InChI=1S/C23H31N7OS/c1-28(15-20-27-26-19-8-3-2-4-9-30(19)20)22-21-16-6-5-7-17(16)32-23(21)25-18(24-22)14-29-10-12-31-13-11-29/h2-15H2,1H3. The number of rotatable bonds is 5. The Labute approximate surface area is 192 Å². The molecule has 1 aliphatic carbocycles. The number of morpholine rings is 1. The molecule has 3 aromatic rings. The summed E-state index contributed by atoms with van der Waals surface area (Å²) >= 11 is 1.87. The van der Waals surface area contributed by atoms with Crippen LogP contribution < -0.4 is 4.90 Å². The minimum absolute atomic E-state index is 0.723. The topological polar surface area (TPSA) is 72.2 Å². The minimum Gasteiger partial charge on any atom is -0.379 e. The lowest BCUT2D eigenvalue weighted by atomic mass is 10.2. The number of nitrogens with zero attached hydrogens (tertiary/aromatic N) is 7.